The molecule has 5 heteroatoms. The van der Waals surface area contributed by atoms with E-state index in [4.69, 9.17) is 5.21 Å². The van der Waals surface area contributed by atoms with Gasteiger partial charge in [0.25, 0.3) is 0 Å². The van der Waals surface area contributed by atoms with Crippen molar-refractivity contribution in [1.82, 2.24) is 0 Å². The first-order valence-corrected chi connectivity index (χ1v) is 5.97. The van der Waals surface area contributed by atoms with Crippen molar-refractivity contribution in [2.75, 3.05) is 6.26 Å². The monoisotopic (exact) mass is 207 g/mol. The first kappa shape index (κ1) is 12.4. The summed E-state index contributed by atoms with van der Waals surface area (Å²) < 4.78 is 22.4. The van der Waals surface area contributed by atoms with Crippen LogP contribution in [0.25, 0.3) is 0 Å². The molecule has 78 valence electrons. The number of hydrogen-bond donors (Lipinski definition) is 1. The molecule has 0 radical (unpaired) electrons. The minimum absolute atomic E-state index is 0.287. The maximum Gasteiger partial charge on any atom is 0.155 e. The van der Waals surface area contributed by atoms with Crippen LogP contribution in [0, 0.1) is 5.41 Å². The van der Waals surface area contributed by atoms with Crippen molar-refractivity contribution in [1.29, 1.82) is 0 Å². The highest BCUT2D eigenvalue weighted by Crippen LogP contribution is 2.21. The van der Waals surface area contributed by atoms with Gasteiger partial charge in [0.05, 0.1) is 5.71 Å². The van der Waals surface area contributed by atoms with Crippen LogP contribution < -0.4 is 0 Å². The molecular formula is C8H17NO3S. The highest BCUT2D eigenvalue weighted by molar-refractivity contribution is 7.92. The van der Waals surface area contributed by atoms with Gasteiger partial charge in [-0.3, -0.25) is 0 Å². The second-order valence-electron chi connectivity index (χ2n) is 4.21. The Bertz CT molecular complexity index is 298. The van der Waals surface area contributed by atoms with Gasteiger partial charge in [0, 0.05) is 11.7 Å². The summed E-state index contributed by atoms with van der Waals surface area (Å²) in [5, 5.41) is 11.0. The van der Waals surface area contributed by atoms with Gasteiger partial charge in [-0.25, -0.2) is 8.42 Å². The predicted octanol–water partition coefficient (Wildman–Crippen LogP) is 1.30. The van der Waals surface area contributed by atoms with E-state index < -0.39 is 20.5 Å². The average Bonchev–Trinajstić information content (AvgIpc) is 1.83. The molecule has 0 spiro atoms. The van der Waals surface area contributed by atoms with Crippen LogP contribution in [0.4, 0.5) is 0 Å². The van der Waals surface area contributed by atoms with E-state index in [2.05, 4.69) is 5.16 Å². The molecule has 0 aliphatic carbocycles. The van der Waals surface area contributed by atoms with Crippen LogP contribution in [-0.4, -0.2) is 30.8 Å². The molecule has 1 N–H and O–H groups in total. The Morgan fingerprint density at radius 3 is 1.85 bits per heavy atom. The normalized spacial score (nSPS) is 17.2. The molecule has 0 aromatic carbocycles. The molecule has 0 heterocycles. The van der Waals surface area contributed by atoms with Crippen molar-refractivity contribution in [3.63, 3.8) is 0 Å². The van der Waals surface area contributed by atoms with E-state index in [0.29, 0.717) is 0 Å². The smallest absolute Gasteiger partial charge is 0.155 e. The Hall–Kier alpha value is -0.580. The SMILES string of the molecule is C[C@@H](/C(=N\O)C(C)(C)C)S(C)(=O)=O. The molecule has 0 bridgehead atoms. The molecule has 4 nitrogen and oxygen atoms in total. The summed E-state index contributed by atoms with van der Waals surface area (Å²) in [6.45, 7) is 6.95. The Balaban J connectivity index is 5.08. The second-order valence-corrected chi connectivity index (χ2v) is 6.57. The van der Waals surface area contributed by atoms with Crippen molar-refractivity contribution >= 4 is 15.5 Å². The molecule has 0 unspecified atom stereocenters. The number of hydrogen-bond acceptors (Lipinski definition) is 4. The van der Waals surface area contributed by atoms with Crippen LogP contribution in [0.1, 0.15) is 27.7 Å². The fourth-order valence-corrected chi connectivity index (χ4v) is 1.85. The summed E-state index contributed by atoms with van der Waals surface area (Å²) in [5.74, 6) is 0. The minimum Gasteiger partial charge on any atom is -0.411 e. The molecule has 0 aromatic heterocycles. The van der Waals surface area contributed by atoms with E-state index in [-0.39, 0.29) is 5.71 Å². The van der Waals surface area contributed by atoms with E-state index in [9.17, 15) is 8.42 Å². The fraction of sp³-hybridized carbons (Fsp3) is 0.875. The van der Waals surface area contributed by atoms with Gasteiger partial charge >= 0.3 is 0 Å². The zero-order chi connectivity index (χ0) is 10.9. The zero-order valence-corrected chi connectivity index (χ0v) is 9.51. The van der Waals surface area contributed by atoms with Gasteiger partial charge in [-0.05, 0) is 6.92 Å². The standard InChI is InChI=1S/C8H17NO3S/c1-6(13(5,11)12)7(9-10)8(2,3)4/h6,10H,1-5H3/b9-7+/t6-/m0/s1. The molecule has 0 rings (SSSR count). The van der Waals surface area contributed by atoms with Crippen LogP contribution in [-0.2, 0) is 9.84 Å². The second kappa shape index (κ2) is 3.65. The molecule has 0 aromatic rings. The molecule has 0 amide bonds. The molecular weight excluding hydrogens is 190 g/mol. The van der Waals surface area contributed by atoms with Crippen molar-refractivity contribution < 1.29 is 13.6 Å². The Morgan fingerprint density at radius 1 is 1.38 bits per heavy atom. The number of nitrogens with zero attached hydrogens (tertiary/aromatic N) is 1. The molecule has 0 aliphatic heterocycles. The van der Waals surface area contributed by atoms with Gasteiger partial charge in [0.1, 0.15) is 5.25 Å². The van der Waals surface area contributed by atoms with Gasteiger partial charge in [-0.2, -0.15) is 0 Å². The summed E-state index contributed by atoms with van der Waals surface area (Å²) in [6.07, 6.45) is 1.13. The van der Waals surface area contributed by atoms with Gasteiger partial charge in [0.15, 0.2) is 9.84 Å². The largest absolute Gasteiger partial charge is 0.411 e. The lowest BCUT2D eigenvalue weighted by molar-refractivity contribution is 0.309. The van der Waals surface area contributed by atoms with E-state index in [1.165, 1.54) is 6.92 Å². The third kappa shape index (κ3) is 3.34. The molecule has 0 aliphatic rings. The van der Waals surface area contributed by atoms with Crippen LogP contribution in [0.15, 0.2) is 5.16 Å². The third-order valence-electron chi connectivity index (χ3n) is 1.90. The zero-order valence-electron chi connectivity index (χ0n) is 8.70. The summed E-state index contributed by atoms with van der Waals surface area (Å²) in [6, 6.07) is 0. The minimum atomic E-state index is -3.19. The molecule has 0 saturated heterocycles. The predicted molar refractivity (Wildman–Crippen MR) is 53.0 cm³/mol. The number of sulfone groups is 1. The van der Waals surface area contributed by atoms with Gasteiger partial charge < -0.3 is 5.21 Å². The summed E-state index contributed by atoms with van der Waals surface area (Å²) in [7, 11) is -3.19. The molecule has 13 heavy (non-hydrogen) atoms. The summed E-state index contributed by atoms with van der Waals surface area (Å²) in [5.41, 5.74) is -0.146. The lowest BCUT2D eigenvalue weighted by Crippen LogP contribution is -2.35. The maximum absolute atomic E-state index is 11.2. The fourth-order valence-electron chi connectivity index (χ4n) is 1.04. The van der Waals surface area contributed by atoms with Crippen LogP contribution in [0.3, 0.4) is 0 Å². The number of oxime groups is 1. The van der Waals surface area contributed by atoms with Gasteiger partial charge in [-0.15, -0.1) is 0 Å². The van der Waals surface area contributed by atoms with Crippen LogP contribution >= 0.6 is 0 Å². The van der Waals surface area contributed by atoms with E-state index in [1.807, 2.05) is 20.8 Å². The topological polar surface area (TPSA) is 66.7 Å². The van der Waals surface area contributed by atoms with E-state index in [1.54, 1.807) is 0 Å². The first-order valence-electron chi connectivity index (χ1n) is 4.02. The van der Waals surface area contributed by atoms with Crippen molar-refractivity contribution in [3.8, 4) is 0 Å². The van der Waals surface area contributed by atoms with Crippen LogP contribution in [0.5, 0.6) is 0 Å². The van der Waals surface area contributed by atoms with Crippen molar-refractivity contribution in [3.05, 3.63) is 0 Å². The van der Waals surface area contributed by atoms with E-state index in [0.717, 1.165) is 6.26 Å². The molecule has 0 fully saturated rings. The summed E-state index contributed by atoms with van der Waals surface area (Å²) in [4.78, 5) is 0. The summed E-state index contributed by atoms with van der Waals surface area (Å²) >= 11 is 0. The lowest BCUT2D eigenvalue weighted by Gasteiger charge is -2.23. The quantitative estimate of drug-likeness (QED) is 0.421. The molecule has 0 saturated carbocycles. The Morgan fingerprint density at radius 2 is 1.77 bits per heavy atom. The van der Waals surface area contributed by atoms with E-state index >= 15 is 0 Å². The van der Waals surface area contributed by atoms with Crippen molar-refractivity contribution in [2.24, 2.45) is 10.6 Å². The lowest BCUT2D eigenvalue weighted by atomic mass is 9.88. The highest BCUT2D eigenvalue weighted by atomic mass is 32.2. The average molecular weight is 207 g/mol. The van der Waals surface area contributed by atoms with Crippen LogP contribution in [0.2, 0.25) is 0 Å². The Labute approximate surface area is 79.6 Å². The third-order valence-corrected chi connectivity index (χ3v) is 3.41. The molecule has 1 atom stereocenters. The number of rotatable bonds is 2. The first-order chi connectivity index (χ1) is 5.60. The Kier molecular flexibility index (Phi) is 3.49. The maximum atomic E-state index is 11.2. The van der Waals surface area contributed by atoms with Crippen molar-refractivity contribution in [2.45, 2.75) is 32.9 Å². The van der Waals surface area contributed by atoms with Gasteiger partial charge in [0.2, 0.25) is 0 Å². The van der Waals surface area contributed by atoms with Gasteiger partial charge in [-0.1, -0.05) is 25.9 Å². The highest BCUT2D eigenvalue weighted by Gasteiger charge is 2.31.